The lowest BCUT2D eigenvalue weighted by Crippen LogP contribution is -2.25. The van der Waals surface area contributed by atoms with E-state index in [1.807, 2.05) is 6.07 Å². The van der Waals surface area contributed by atoms with E-state index in [1.54, 1.807) is 12.1 Å². The van der Waals surface area contributed by atoms with Crippen molar-refractivity contribution in [2.75, 3.05) is 13.1 Å². The van der Waals surface area contributed by atoms with Crippen LogP contribution >= 0.6 is 15.9 Å². The van der Waals surface area contributed by atoms with Gasteiger partial charge in [-0.1, -0.05) is 53.2 Å². The van der Waals surface area contributed by atoms with E-state index in [-0.39, 0.29) is 5.82 Å². The lowest BCUT2D eigenvalue weighted by atomic mass is 9.92. The van der Waals surface area contributed by atoms with E-state index in [0.29, 0.717) is 5.92 Å². The van der Waals surface area contributed by atoms with Crippen LogP contribution in [-0.4, -0.2) is 13.1 Å². The van der Waals surface area contributed by atoms with Crippen LogP contribution < -0.4 is 5.32 Å². The molecule has 2 rings (SSSR count). The van der Waals surface area contributed by atoms with Crippen LogP contribution in [0.25, 0.3) is 0 Å². The second-order valence-electron chi connectivity index (χ2n) is 5.30. The maximum atomic E-state index is 13.4. The third-order valence-corrected chi connectivity index (χ3v) is 4.34. The zero-order valence-electron chi connectivity index (χ0n) is 12.3. The van der Waals surface area contributed by atoms with Gasteiger partial charge in [-0.2, -0.15) is 0 Å². The van der Waals surface area contributed by atoms with Gasteiger partial charge < -0.3 is 5.32 Å². The van der Waals surface area contributed by atoms with Crippen molar-refractivity contribution in [2.45, 2.75) is 19.8 Å². The van der Waals surface area contributed by atoms with Crippen LogP contribution in [0.5, 0.6) is 0 Å². The van der Waals surface area contributed by atoms with Crippen molar-refractivity contribution in [1.29, 1.82) is 0 Å². The molecular weight excluding hydrogens is 329 g/mol. The predicted molar refractivity (Wildman–Crippen MR) is 90.0 cm³/mol. The van der Waals surface area contributed by atoms with Crippen molar-refractivity contribution in [2.24, 2.45) is 5.92 Å². The zero-order valence-corrected chi connectivity index (χ0v) is 13.9. The Morgan fingerprint density at radius 3 is 2.57 bits per heavy atom. The summed E-state index contributed by atoms with van der Waals surface area (Å²) in [7, 11) is 0. The molecule has 0 saturated heterocycles. The quantitative estimate of drug-likeness (QED) is 0.770. The van der Waals surface area contributed by atoms with E-state index in [4.69, 9.17) is 0 Å². The normalized spacial score (nSPS) is 12.3. The second kappa shape index (κ2) is 8.30. The van der Waals surface area contributed by atoms with E-state index >= 15 is 0 Å². The molecule has 0 heterocycles. The highest BCUT2D eigenvalue weighted by atomic mass is 79.9. The van der Waals surface area contributed by atoms with Gasteiger partial charge in [-0.25, -0.2) is 4.39 Å². The predicted octanol–water partition coefficient (Wildman–Crippen LogP) is 4.60. The summed E-state index contributed by atoms with van der Waals surface area (Å²) in [6.07, 6.45) is 1.86. The monoisotopic (exact) mass is 349 g/mol. The van der Waals surface area contributed by atoms with E-state index in [1.165, 1.54) is 11.6 Å². The fourth-order valence-corrected chi connectivity index (χ4v) is 2.93. The molecule has 21 heavy (non-hydrogen) atoms. The number of benzene rings is 2. The molecule has 1 N–H and O–H groups in total. The Morgan fingerprint density at radius 1 is 1.10 bits per heavy atom. The minimum absolute atomic E-state index is 0.171. The van der Waals surface area contributed by atoms with Crippen molar-refractivity contribution in [3.63, 3.8) is 0 Å². The maximum absolute atomic E-state index is 13.4. The average molecular weight is 350 g/mol. The van der Waals surface area contributed by atoms with Crippen molar-refractivity contribution in [1.82, 2.24) is 5.32 Å². The largest absolute Gasteiger partial charge is 0.317 e. The van der Waals surface area contributed by atoms with E-state index in [9.17, 15) is 4.39 Å². The third-order valence-electron chi connectivity index (χ3n) is 3.57. The number of nitrogens with one attached hydrogen (secondary N) is 1. The maximum Gasteiger partial charge on any atom is 0.123 e. The summed E-state index contributed by atoms with van der Waals surface area (Å²) in [6, 6.07) is 15.4. The fourth-order valence-electron chi connectivity index (χ4n) is 2.52. The molecule has 3 heteroatoms. The summed E-state index contributed by atoms with van der Waals surface area (Å²) in [4.78, 5) is 0. The van der Waals surface area contributed by atoms with E-state index in [0.717, 1.165) is 36.0 Å². The molecule has 0 fully saturated rings. The van der Waals surface area contributed by atoms with Gasteiger partial charge in [-0.15, -0.1) is 0 Å². The van der Waals surface area contributed by atoms with Crippen molar-refractivity contribution in [3.8, 4) is 0 Å². The van der Waals surface area contributed by atoms with Crippen LogP contribution in [0.2, 0.25) is 0 Å². The summed E-state index contributed by atoms with van der Waals surface area (Å²) >= 11 is 3.53. The van der Waals surface area contributed by atoms with Crippen LogP contribution in [0.3, 0.4) is 0 Å². The molecule has 2 aromatic rings. The fraction of sp³-hybridized carbons (Fsp3) is 0.333. The average Bonchev–Trinajstić information content (AvgIpc) is 2.49. The molecule has 0 aliphatic rings. The highest BCUT2D eigenvalue weighted by molar-refractivity contribution is 9.10. The molecule has 0 aromatic heterocycles. The number of hydrogen-bond acceptors (Lipinski definition) is 1. The molecule has 0 amide bonds. The standard InChI is InChI=1S/C18H21BrFN/c1-2-21-13-15(10-14-6-4-3-5-7-14)11-16-12-17(20)8-9-18(16)19/h3-9,12,15,21H,2,10-11,13H2,1H3. The van der Waals surface area contributed by atoms with Gasteiger partial charge in [0.25, 0.3) is 0 Å². The third kappa shape index (κ3) is 5.25. The van der Waals surface area contributed by atoms with E-state index < -0.39 is 0 Å². The zero-order chi connectivity index (χ0) is 15.1. The Balaban J connectivity index is 2.10. The molecular formula is C18H21BrFN. The molecule has 1 atom stereocenters. The summed E-state index contributed by atoms with van der Waals surface area (Å²) in [5.74, 6) is 0.278. The molecule has 0 saturated carbocycles. The van der Waals surface area contributed by atoms with Crippen molar-refractivity contribution < 1.29 is 4.39 Å². The first kappa shape index (κ1) is 16.2. The van der Waals surface area contributed by atoms with Crippen LogP contribution in [0, 0.1) is 11.7 Å². The number of rotatable bonds is 7. The van der Waals surface area contributed by atoms with Gasteiger partial charge in [-0.05, 0) is 61.2 Å². The minimum atomic E-state index is -0.171. The molecule has 0 bridgehead atoms. The van der Waals surface area contributed by atoms with Crippen LogP contribution in [-0.2, 0) is 12.8 Å². The molecule has 0 spiro atoms. The van der Waals surface area contributed by atoms with Gasteiger partial charge in [0.15, 0.2) is 0 Å². The summed E-state index contributed by atoms with van der Waals surface area (Å²) in [5, 5.41) is 3.41. The lowest BCUT2D eigenvalue weighted by molar-refractivity contribution is 0.476. The molecule has 2 aromatic carbocycles. The van der Waals surface area contributed by atoms with Gasteiger partial charge in [0.1, 0.15) is 5.82 Å². The highest BCUT2D eigenvalue weighted by Crippen LogP contribution is 2.22. The minimum Gasteiger partial charge on any atom is -0.317 e. The lowest BCUT2D eigenvalue weighted by Gasteiger charge is -2.18. The van der Waals surface area contributed by atoms with Gasteiger partial charge in [0.2, 0.25) is 0 Å². The Hall–Kier alpha value is -1.19. The first-order valence-corrected chi connectivity index (χ1v) is 8.17. The number of hydrogen-bond donors (Lipinski definition) is 1. The van der Waals surface area contributed by atoms with Crippen molar-refractivity contribution in [3.05, 3.63) is 69.9 Å². The Bertz CT molecular complexity index is 556. The van der Waals surface area contributed by atoms with Crippen LogP contribution in [0.4, 0.5) is 4.39 Å². The first-order valence-electron chi connectivity index (χ1n) is 7.37. The van der Waals surface area contributed by atoms with Gasteiger partial charge in [-0.3, -0.25) is 0 Å². The Kier molecular flexibility index (Phi) is 6.40. The van der Waals surface area contributed by atoms with Gasteiger partial charge in [0, 0.05) is 4.47 Å². The van der Waals surface area contributed by atoms with Gasteiger partial charge >= 0.3 is 0 Å². The molecule has 0 radical (unpaired) electrons. The molecule has 1 unspecified atom stereocenters. The summed E-state index contributed by atoms with van der Waals surface area (Å²) in [6.45, 7) is 4.00. The Labute approximate surface area is 134 Å². The van der Waals surface area contributed by atoms with Crippen LogP contribution in [0.15, 0.2) is 53.0 Å². The van der Waals surface area contributed by atoms with Gasteiger partial charge in [0.05, 0.1) is 0 Å². The summed E-state index contributed by atoms with van der Waals surface area (Å²) < 4.78 is 14.4. The SMILES string of the molecule is CCNCC(Cc1ccccc1)Cc1cc(F)ccc1Br. The van der Waals surface area contributed by atoms with E-state index in [2.05, 4.69) is 52.4 Å². The summed E-state index contributed by atoms with van der Waals surface area (Å²) in [5.41, 5.74) is 2.36. The second-order valence-corrected chi connectivity index (χ2v) is 6.16. The van der Waals surface area contributed by atoms with Crippen molar-refractivity contribution >= 4 is 15.9 Å². The smallest absolute Gasteiger partial charge is 0.123 e. The first-order chi connectivity index (χ1) is 10.2. The topological polar surface area (TPSA) is 12.0 Å². The molecule has 0 aliphatic carbocycles. The number of halogens is 2. The molecule has 0 aliphatic heterocycles. The highest BCUT2D eigenvalue weighted by Gasteiger charge is 2.13. The van der Waals surface area contributed by atoms with Crippen LogP contribution in [0.1, 0.15) is 18.1 Å². The molecule has 112 valence electrons. The molecule has 1 nitrogen and oxygen atoms in total. The Morgan fingerprint density at radius 2 is 1.86 bits per heavy atom.